The lowest BCUT2D eigenvalue weighted by Crippen LogP contribution is -2.22. The van der Waals surface area contributed by atoms with E-state index in [1.165, 1.54) is 7.11 Å². The first-order valence-corrected chi connectivity index (χ1v) is 5.61. The van der Waals surface area contributed by atoms with Gasteiger partial charge in [-0.1, -0.05) is 19.1 Å². The predicted molar refractivity (Wildman–Crippen MR) is 65.0 cm³/mol. The zero-order valence-corrected chi connectivity index (χ0v) is 10.1. The van der Waals surface area contributed by atoms with Crippen molar-refractivity contribution in [3.63, 3.8) is 0 Å². The van der Waals surface area contributed by atoms with E-state index in [1.807, 2.05) is 0 Å². The Morgan fingerprint density at radius 1 is 1.28 bits per heavy atom. The zero-order valence-electron chi connectivity index (χ0n) is 10.1. The molecule has 0 amide bonds. The van der Waals surface area contributed by atoms with E-state index in [0.29, 0.717) is 5.75 Å². The van der Waals surface area contributed by atoms with Crippen molar-refractivity contribution < 1.29 is 19.1 Å². The van der Waals surface area contributed by atoms with Crippen molar-refractivity contribution in [1.29, 1.82) is 0 Å². The molecule has 1 aliphatic carbocycles. The summed E-state index contributed by atoms with van der Waals surface area (Å²) in [6.45, 7) is 1.65. The van der Waals surface area contributed by atoms with Crippen LogP contribution in [0.1, 0.15) is 34.1 Å². The van der Waals surface area contributed by atoms with Gasteiger partial charge in [-0.05, 0) is 6.07 Å². The van der Waals surface area contributed by atoms with Crippen molar-refractivity contribution in [2.75, 3.05) is 7.11 Å². The number of Topliss-reactive ketones (excluding diaryl/α,β-unsaturated/α-hetero) is 2. The lowest BCUT2D eigenvalue weighted by molar-refractivity contribution is -0.114. The SMILES string of the molecule is CCC(=O)C1=CC(=O)c2cccc(OC)c2C1=O. The Morgan fingerprint density at radius 3 is 2.61 bits per heavy atom. The number of rotatable bonds is 3. The topological polar surface area (TPSA) is 60.4 Å². The van der Waals surface area contributed by atoms with Crippen LogP contribution in [0.3, 0.4) is 0 Å². The second-order valence-corrected chi connectivity index (χ2v) is 3.91. The Kier molecular flexibility index (Phi) is 3.10. The van der Waals surface area contributed by atoms with Crippen LogP contribution in [-0.4, -0.2) is 24.5 Å². The highest BCUT2D eigenvalue weighted by Crippen LogP contribution is 2.29. The lowest BCUT2D eigenvalue weighted by Gasteiger charge is -2.16. The molecule has 1 aliphatic rings. The van der Waals surface area contributed by atoms with Crippen LogP contribution in [0.2, 0.25) is 0 Å². The fraction of sp³-hybridized carbons (Fsp3) is 0.214. The summed E-state index contributed by atoms with van der Waals surface area (Å²) in [6.07, 6.45) is 1.31. The Hall–Kier alpha value is -2.23. The maximum absolute atomic E-state index is 12.2. The van der Waals surface area contributed by atoms with E-state index in [2.05, 4.69) is 0 Å². The molecule has 0 saturated carbocycles. The number of allylic oxidation sites excluding steroid dienone is 2. The van der Waals surface area contributed by atoms with Crippen LogP contribution >= 0.6 is 0 Å². The maximum atomic E-state index is 12.2. The highest BCUT2D eigenvalue weighted by Gasteiger charge is 2.31. The van der Waals surface area contributed by atoms with E-state index < -0.39 is 5.78 Å². The molecule has 1 aromatic rings. The number of hydrogen-bond acceptors (Lipinski definition) is 4. The molecular formula is C14H12O4. The van der Waals surface area contributed by atoms with Gasteiger partial charge in [0.1, 0.15) is 5.75 Å². The molecule has 4 heteroatoms. The molecule has 4 nitrogen and oxygen atoms in total. The quantitative estimate of drug-likeness (QED) is 0.763. The highest BCUT2D eigenvalue weighted by molar-refractivity contribution is 6.35. The van der Waals surface area contributed by atoms with E-state index in [-0.39, 0.29) is 34.7 Å². The summed E-state index contributed by atoms with van der Waals surface area (Å²) in [6, 6.07) is 4.80. The van der Waals surface area contributed by atoms with Crippen molar-refractivity contribution in [3.8, 4) is 5.75 Å². The highest BCUT2D eigenvalue weighted by atomic mass is 16.5. The summed E-state index contributed by atoms with van der Waals surface area (Å²) in [5.41, 5.74) is 0.413. The van der Waals surface area contributed by atoms with Crippen LogP contribution in [0.15, 0.2) is 29.8 Å². The number of methoxy groups -OCH3 is 1. The van der Waals surface area contributed by atoms with Crippen molar-refractivity contribution in [3.05, 3.63) is 41.0 Å². The van der Waals surface area contributed by atoms with E-state index >= 15 is 0 Å². The fourth-order valence-corrected chi connectivity index (χ4v) is 1.95. The zero-order chi connectivity index (χ0) is 13.3. The van der Waals surface area contributed by atoms with Gasteiger partial charge in [0.2, 0.25) is 5.78 Å². The second-order valence-electron chi connectivity index (χ2n) is 3.91. The Bertz CT molecular complexity index is 581. The van der Waals surface area contributed by atoms with Gasteiger partial charge in [-0.15, -0.1) is 0 Å². The van der Waals surface area contributed by atoms with E-state index in [9.17, 15) is 14.4 Å². The normalized spacial score (nSPS) is 14.0. The van der Waals surface area contributed by atoms with E-state index in [4.69, 9.17) is 4.74 Å². The first kappa shape index (κ1) is 12.2. The molecule has 18 heavy (non-hydrogen) atoms. The summed E-state index contributed by atoms with van der Waals surface area (Å²) < 4.78 is 5.08. The third-order valence-corrected chi connectivity index (χ3v) is 2.88. The Balaban J connectivity index is 2.63. The number of fused-ring (bicyclic) bond motifs is 1. The van der Waals surface area contributed by atoms with Crippen LogP contribution in [0.5, 0.6) is 5.75 Å². The molecule has 0 aromatic heterocycles. The van der Waals surface area contributed by atoms with Gasteiger partial charge in [0.05, 0.1) is 18.2 Å². The van der Waals surface area contributed by atoms with Gasteiger partial charge >= 0.3 is 0 Å². The minimum atomic E-state index is -0.436. The lowest BCUT2D eigenvalue weighted by atomic mass is 9.86. The fourth-order valence-electron chi connectivity index (χ4n) is 1.95. The summed E-state index contributed by atoms with van der Waals surface area (Å²) in [5, 5.41) is 0. The van der Waals surface area contributed by atoms with Crippen LogP contribution in [0, 0.1) is 0 Å². The second kappa shape index (κ2) is 4.56. The van der Waals surface area contributed by atoms with Gasteiger partial charge in [-0.2, -0.15) is 0 Å². The minimum Gasteiger partial charge on any atom is -0.496 e. The summed E-state index contributed by atoms with van der Waals surface area (Å²) >= 11 is 0. The van der Waals surface area contributed by atoms with Crippen molar-refractivity contribution in [2.45, 2.75) is 13.3 Å². The number of ether oxygens (including phenoxy) is 1. The number of carbonyl (C=O) groups is 3. The molecule has 0 spiro atoms. The molecule has 0 fully saturated rings. The molecule has 0 bridgehead atoms. The minimum absolute atomic E-state index is 0.0560. The Morgan fingerprint density at radius 2 is 2.00 bits per heavy atom. The van der Waals surface area contributed by atoms with Crippen LogP contribution in [-0.2, 0) is 4.79 Å². The monoisotopic (exact) mass is 244 g/mol. The number of benzene rings is 1. The predicted octanol–water partition coefficient (Wildman–Crippen LogP) is 1.98. The van der Waals surface area contributed by atoms with E-state index in [0.717, 1.165) is 6.08 Å². The van der Waals surface area contributed by atoms with Gasteiger partial charge in [-0.25, -0.2) is 0 Å². The first-order chi connectivity index (χ1) is 8.60. The van der Waals surface area contributed by atoms with Gasteiger partial charge in [-0.3, -0.25) is 14.4 Å². The summed E-state index contributed by atoms with van der Waals surface area (Å²) in [5.74, 6) is -0.778. The van der Waals surface area contributed by atoms with Gasteiger partial charge < -0.3 is 4.74 Å². The smallest absolute Gasteiger partial charge is 0.201 e. The summed E-state index contributed by atoms with van der Waals surface area (Å²) in [4.78, 5) is 35.8. The molecule has 92 valence electrons. The van der Waals surface area contributed by atoms with Crippen molar-refractivity contribution in [1.82, 2.24) is 0 Å². The molecule has 0 radical (unpaired) electrons. The standard InChI is InChI=1S/C14H12O4/c1-3-10(15)9-7-11(16)8-5-4-6-12(18-2)13(8)14(9)17/h4-7H,3H2,1-2H3. The van der Waals surface area contributed by atoms with Crippen molar-refractivity contribution >= 4 is 17.3 Å². The largest absolute Gasteiger partial charge is 0.496 e. The third-order valence-electron chi connectivity index (χ3n) is 2.88. The molecule has 0 saturated heterocycles. The number of hydrogen-bond donors (Lipinski definition) is 0. The molecule has 0 aliphatic heterocycles. The van der Waals surface area contributed by atoms with E-state index in [1.54, 1.807) is 25.1 Å². The number of ketones is 3. The average Bonchev–Trinajstić information content (AvgIpc) is 2.41. The molecule has 0 atom stereocenters. The van der Waals surface area contributed by atoms with Crippen LogP contribution in [0.25, 0.3) is 0 Å². The van der Waals surface area contributed by atoms with Crippen molar-refractivity contribution in [2.24, 2.45) is 0 Å². The molecule has 0 heterocycles. The summed E-state index contributed by atoms with van der Waals surface area (Å²) in [7, 11) is 1.42. The Labute approximate surface area is 104 Å². The third kappa shape index (κ3) is 1.76. The molecular weight excluding hydrogens is 232 g/mol. The van der Waals surface area contributed by atoms with Crippen LogP contribution < -0.4 is 4.74 Å². The molecule has 0 unspecified atom stereocenters. The number of carbonyl (C=O) groups excluding carboxylic acids is 3. The average molecular weight is 244 g/mol. The van der Waals surface area contributed by atoms with Gasteiger partial charge in [0, 0.05) is 18.1 Å². The van der Waals surface area contributed by atoms with Gasteiger partial charge in [0.15, 0.2) is 11.6 Å². The molecule has 0 N–H and O–H groups in total. The maximum Gasteiger partial charge on any atom is 0.201 e. The molecule has 1 aromatic carbocycles. The molecule has 2 rings (SSSR count). The first-order valence-electron chi connectivity index (χ1n) is 5.61. The van der Waals surface area contributed by atoms with Gasteiger partial charge in [0.25, 0.3) is 0 Å². The van der Waals surface area contributed by atoms with Crippen LogP contribution in [0.4, 0.5) is 0 Å².